The molecule has 4 heteroatoms. The van der Waals surface area contributed by atoms with Gasteiger partial charge in [0.05, 0.1) is 13.0 Å². The number of carbonyl (C=O) groups is 2. The van der Waals surface area contributed by atoms with E-state index >= 15 is 0 Å². The molecular formula is C18H22O4. The monoisotopic (exact) mass is 302 g/mol. The first-order valence-electron chi connectivity index (χ1n) is 7.72. The average molecular weight is 302 g/mol. The van der Waals surface area contributed by atoms with Crippen LogP contribution in [0.25, 0.3) is 0 Å². The molecule has 2 rings (SSSR count). The van der Waals surface area contributed by atoms with E-state index in [1.165, 1.54) is 0 Å². The minimum Gasteiger partial charge on any atom is -0.466 e. The predicted molar refractivity (Wildman–Crippen MR) is 83.3 cm³/mol. The Balaban J connectivity index is 2.09. The Labute approximate surface area is 131 Å². The zero-order valence-corrected chi connectivity index (χ0v) is 12.9. The predicted octanol–water partition coefficient (Wildman–Crippen LogP) is 3.38. The quantitative estimate of drug-likeness (QED) is 0.589. The molecular weight excluding hydrogens is 280 g/mol. The van der Waals surface area contributed by atoms with E-state index in [0.717, 1.165) is 5.56 Å². The molecule has 118 valence electrons. The second-order valence-electron chi connectivity index (χ2n) is 5.50. The molecule has 0 aromatic heterocycles. The molecule has 0 N–H and O–H groups in total. The van der Waals surface area contributed by atoms with E-state index < -0.39 is 0 Å². The number of rotatable bonds is 1. The minimum atomic E-state index is -0.227. The number of cyclic esters (lactones) is 2. The molecule has 0 fully saturated rings. The van der Waals surface area contributed by atoms with Crippen LogP contribution < -0.4 is 0 Å². The lowest BCUT2D eigenvalue weighted by Crippen LogP contribution is -2.18. The van der Waals surface area contributed by atoms with E-state index in [0.29, 0.717) is 25.7 Å². The molecule has 1 aromatic rings. The third-order valence-corrected chi connectivity index (χ3v) is 3.62. The second kappa shape index (κ2) is 8.37. The van der Waals surface area contributed by atoms with Gasteiger partial charge in [-0.2, -0.15) is 0 Å². The number of esters is 2. The molecule has 0 saturated carbocycles. The molecule has 1 aliphatic rings. The molecule has 0 radical (unpaired) electrons. The fraction of sp³-hybridized carbons (Fsp3) is 0.444. The van der Waals surface area contributed by atoms with Crippen LogP contribution in [0, 0.1) is 0 Å². The van der Waals surface area contributed by atoms with Gasteiger partial charge in [-0.3, -0.25) is 9.59 Å². The van der Waals surface area contributed by atoms with Gasteiger partial charge in [0.25, 0.3) is 0 Å². The van der Waals surface area contributed by atoms with Crippen molar-refractivity contribution in [3.05, 3.63) is 48.0 Å². The number of benzene rings is 1. The topological polar surface area (TPSA) is 52.6 Å². The van der Waals surface area contributed by atoms with Gasteiger partial charge in [0.15, 0.2) is 0 Å². The summed E-state index contributed by atoms with van der Waals surface area (Å²) in [4.78, 5) is 23.6. The summed E-state index contributed by atoms with van der Waals surface area (Å²) >= 11 is 0. The van der Waals surface area contributed by atoms with Gasteiger partial charge in [0.2, 0.25) is 0 Å². The Morgan fingerprint density at radius 1 is 1.09 bits per heavy atom. The van der Waals surface area contributed by atoms with Crippen LogP contribution in [0.15, 0.2) is 42.5 Å². The Kier molecular flexibility index (Phi) is 6.19. The lowest BCUT2D eigenvalue weighted by Gasteiger charge is -2.14. The van der Waals surface area contributed by atoms with Crippen molar-refractivity contribution in [1.29, 1.82) is 0 Å². The van der Waals surface area contributed by atoms with Gasteiger partial charge in [-0.15, -0.1) is 0 Å². The lowest BCUT2D eigenvalue weighted by molar-refractivity contribution is -0.150. The molecule has 0 bridgehead atoms. The van der Waals surface area contributed by atoms with Crippen LogP contribution in [0.3, 0.4) is 0 Å². The number of hydrogen-bond acceptors (Lipinski definition) is 4. The fourth-order valence-electron chi connectivity index (χ4n) is 2.38. The van der Waals surface area contributed by atoms with Crippen LogP contribution in [-0.2, 0) is 19.1 Å². The standard InChI is InChI=1S/C18H22O4/c1-14-11-12-21-18(20)13-16(15-7-3-2-4-8-15)9-5-6-10-17(19)22-14/h2-5,7-9,14,16H,6,10-13H2,1H3/b9-5+/t14-,16+/m0/s1. The molecule has 1 heterocycles. The summed E-state index contributed by atoms with van der Waals surface area (Å²) in [5.41, 5.74) is 1.07. The van der Waals surface area contributed by atoms with Crippen molar-refractivity contribution in [2.45, 2.75) is 44.6 Å². The van der Waals surface area contributed by atoms with Gasteiger partial charge in [-0.25, -0.2) is 0 Å². The van der Waals surface area contributed by atoms with Gasteiger partial charge in [-0.1, -0.05) is 42.5 Å². The summed E-state index contributed by atoms with van der Waals surface area (Å²) in [6, 6.07) is 9.85. The third kappa shape index (κ3) is 5.35. The van der Waals surface area contributed by atoms with E-state index in [1.54, 1.807) is 0 Å². The summed E-state index contributed by atoms with van der Waals surface area (Å²) in [5, 5.41) is 0. The van der Waals surface area contributed by atoms with Crippen LogP contribution in [0.2, 0.25) is 0 Å². The average Bonchev–Trinajstić information content (AvgIpc) is 2.51. The summed E-state index contributed by atoms with van der Waals surface area (Å²) in [6.07, 6.45) is 5.50. The molecule has 0 spiro atoms. The molecule has 22 heavy (non-hydrogen) atoms. The van der Waals surface area contributed by atoms with Crippen LogP contribution in [-0.4, -0.2) is 24.6 Å². The fourth-order valence-corrected chi connectivity index (χ4v) is 2.38. The molecule has 1 aliphatic heterocycles. The van der Waals surface area contributed by atoms with E-state index in [-0.39, 0.29) is 30.6 Å². The van der Waals surface area contributed by atoms with Crippen molar-refractivity contribution in [2.24, 2.45) is 0 Å². The number of hydrogen-bond donors (Lipinski definition) is 0. The van der Waals surface area contributed by atoms with E-state index in [2.05, 4.69) is 0 Å². The Morgan fingerprint density at radius 3 is 2.64 bits per heavy atom. The number of allylic oxidation sites excluding steroid dienone is 2. The third-order valence-electron chi connectivity index (χ3n) is 3.62. The van der Waals surface area contributed by atoms with E-state index in [1.807, 2.05) is 49.4 Å². The van der Waals surface area contributed by atoms with Crippen molar-refractivity contribution >= 4 is 11.9 Å². The SMILES string of the molecule is C[C@H]1CCOC(=O)C[C@H](c2ccccc2)/C=C/CCC(=O)O1. The molecule has 0 saturated heterocycles. The zero-order valence-electron chi connectivity index (χ0n) is 12.9. The summed E-state index contributed by atoms with van der Waals surface area (Å²) < 4.78 is 10.5. The lowest BCUT2D eigenvalue weighted by atomic mass is 9.95. The van der Waals surface area contributed by atoms with Gasteiger partial charge in [0, 0.05) is 18.8 Å². The van der Waals surface area contributed by atoms with E-state index in [4.69, 9.17) is 9.47 Å². The van der Waals surface area contributed by atoms with Gasteiger partial charge in [-0.05, 0) is 18.9 Å². The summed E-state index contributed by atoms with van der Waals surface area (Å²) in [5.74, 6) is -0.460. The molecule has 0 unspecified atom stereocenters. The van der Waals surface area contributed by atoms with Gasteiger partial charge >= 0.3 is 11.9 Å². The Morgan fingerprint density at radius 2 is 1.86 bits per heavy atom. The van der Waals surface area contributed by atoms with Crippen LogP contribution in [0.5, 0.6) is 0 Å². The van der Waals surface area contributed by atoms with Crippen LogP contribution >= 0.6 is 0 Å². The smallest absolute Gasteiger partial charge is 0.306 e. The highest BCUT2D eigenvalue weighted by atomic mass is 16.6. The van der Waals surface area contributed by atoms with Crippen molar-refractivity contribution in [1.82, 2.24) is 0 Å². The van der Waals surface area contributed by atoms with E-state index in [9.17, 15) is 9.59 Å². The van der Waals surface area contributed by atoms with Gasteiger partial charge in [0.1, 0.15) is 6.10 Å². The molecule has 0 aliphatic carbocycles. The molecule has 1 aromatic carbocycles. The van der Waals surface area contributed by atoms with Crippen molar-refractivity contribution in [3.8, 4) is 0 Å². The normalized spacial score (nSPS) is 25.9. The first kappa shape index (κ1) is 16.3. The maximum atomic E-state index is 12.0. The minimum absolute atomic E-state index is 0.0251. The first-order chi connectivity index (χ1) is 10.6. The van der Waals surface area contributed by atoms with Crippen LogP contribution in [0.1, 0.15) is 44.1 Å². The Bertz CT molecular complexity index is 521. The van der Waals surface area contributed by atoms with Crippen LogP contribution in [0.4, 0.5) is 0 Å². The summed E-state index contributed by atoms with van der Waals surface area (Å²) in [6.45, 7) is 2.09. The number of carbonyl (C=O) groups excluding carboxylic acids is 2. The molecule has 2 atom stereocenters. The summed E-state index contributed by atoms with van der Waals surface area (Å²) in [7, 11) is 0. The maximum absolute atomic E-state index is 12.0. The molecule has 0 amide bonds. The molecule has 4 nitrogen and oxygen atoms in total. The highest BCUT2D eigenvalue weighted by Crippen LogP contribution is 2.22. The van der Waals surface area contributed by atoms with Crippen molar-refractivity contribution in [2.75, 3.05) is 6.61 Å². The highest BCUT2D eigenvalue weighted by Gasteiger charge is 2.16. The van der Waals surface area contributed by atoms with Crippen molar-refractivity contribution in [3.63, 3.8) is 0 Å². The van der Waals surface area contributed by atoms with Crippen molar-refractivity contribution < 1.29 is 19.1 Å². The number of ether oxygens (including phenoxy) is 2. The largest absolute Gasteiger partial charge is 0.466 e. The zero-order chi connectivity index (χ0) is 15.8. The second-order valence-corrected chi connectivity index (χ2v) is 5.50. The Hall–Kier alpha value is -2.10. The maximum Gasteiger partial charge on any atom is 0.306 e. The highest BCUT2D eigenvalue weighted by molar-refractivity contribution is 5.71. The van der Waals surface area contributed by atoms with Gasteiger partial charge < -0.3 is 9.47 Å². The first-order valence-corrected chi connectivity index (χ1v) is 7.72.